The van der Waals surface area contributed by atoms with E-state index in [0.29, 0.717) is 10.7 Å². The summed E-state index contributed by atoms with van der Waals surface area (Å²) in [7, 11) is 0. The lowest BCUT2D eigenvalue weighted by Gasteiger charge is -2.19. The predicted molar refractivity (Wildman–Crippen MR) is 55.0 cm³/mol. The van der Waals surface area contributed by atoms with Gasteiger partial charge in [-0.05, 0) is 19.1 Å². The van der Waals surface area contributed by atoms with E-state index in [-0.39, 0.29) is 0 Å². The Hall–Kier alpha value is -1.26. The van der Waals surface area contributed by atoms with E-state index in [1.165, 1.54) is 11.3 Å². The maximum Gasteiger partial charge on any atom is 0.155 e. The van der Waals surface area contributed by atoms with E-state index in [1.54, 1.807) is 25.4 Å². The van der Waals surface area contributed by atoms with Gasteiger partial charge in [-0.2, -0.15) is 0 Å². The largest absolute Gasteiger partial charge is 0.377 e. The van der Waals surface area contributed by atoms with Crippen LogP contribution in [-0.2, 0) is 5.60 Å². The van der Waals surface area contributed by atoms with Gasteiger partial charge in [0.15, 0.2) is 5.60 Å². The van der Waals surface area contributed by atoms with E-state index < -0.39 is 5.60 Å². The molecule has 1 atom stereocenters. The summed E-state index contributed by atoms with van der Waals surface area (Å²) in [6.45, 7) is 1.70. The molecule has 0 bridgehead atoms. The highest BCUT2D eigenvalue weighted by Crippen LogP contribution is 2.28. The smallest absolute Gasteiger partial charge is 0.155 e. The fraction of sp³-hybridized carbons (Fsp3) is 0.200. The van der Waals surface area contributed by atoms with Gasteiger partial charge in [-0.15, -0.1) is 11.3 Å². The molecule has 2 heterocycles. The Morgan fingerprint density at radius 2 is 2.14 bits per heavy atom. The fourth-order valence-electron chi connectivity index (χ4n) is 1.22. The minimum absolute atomic E-state index is 0.620. The molecule has 0 spiro atoms. The van der Waals surface area contributed by atoms with Gasteiger partial charge in [0.25, 0.3) is 0 Å². The highest BCUT2D eigenvalue weighted by Gasteiger charge is 2.29. The third kappa shape index (κ3) is 1.54. The lowest BCUT2D eigenvalue weighted by molar-refractivity contribution is 0.0970. The van der Waals surface area contributed by atoms with Gasteiger partial charge in [-0.1, -0.05) is 6.07 Å². The number of hydrogen-bond donors (Lipinski definition) is 1. The summed E-state index contributed by atoms with van der Waals surface area (Å²) in [6, 6.07) is 5.47. The van der Waals surface area contributed by atoms with Crippen molar-refractivity contribution in [3.05, 3.63) is 46.7 Å². The van der Waals surface area contributed by atoms with Crippen molar-refractivity contribution < 1.29 is 5.11 Å². The quantitative estimate of drug-likeness (QED) is 0.814. The van der Waals surface area contributed by atoms with Gasteiger partial charge in [0.05, 0.1) is 5.69 Å². The second-order valence-corrected chi connectivity index (χ2v) is 4.02. The highest BCUT2D eigenvalue weighted by molar-refractivity contribution is 7.09. The van der Waals surface area contributed by atoms with Gasteiger partial charge in [-0.25, -0.2) is 4.98 Å². The maximum absolute atomic E-state index is 10.2. The number of aliphatic hydroxyl groups is 1. The molecule has 0 fully saturated rings. The van der Waals surface area contributed by atoms with Gasteiger partial charge in [0.2, 0.25) is 0 Å². The number of aromatic nitrogens is 2. The summed E-state index contributed by atoms with van der Waals surface area (Å²) < 4.78 is 0. The molecule has 0 saturated carbocycles. The van der Waals surface area contributed by atoms with Crippen molar-refractivity contribution >= 4 is 11.3 Å². The van der Waals surface area contributed by atoms with Crippen LogP contribution in [-0.4, -0.2) is 15.1 Å². The van der Waals surface area contributed by atoms with Crippen molar-refractivity contribution in [3.63, 3.8) is 0 Å². The lowest BCUT2D eigenvalue weighted by atomic mass is 10.0. The second kappa shape index (κ2) is 3.48. The van der Waals surface area contributed by atoms with E-state index in [4.69, 9.17) is 0 Å². The SMILES string of the molecule is CC(O)(c1ccccn1)c1nccs1. The Morgan fingerprint density at radius 1 is 1.29 bits per heavy atom. The molecular weight excluding hydrogens is 196 g/mol. The van der Waals surface area contributed by atoms with Crippen molar-refractivity contribution in [2.24, 2.45) is 0 Å². The van der Waals surface area contributed by atoms with Gasteiger partial charge < -0.3 is 5.11 Å². The van der Waals surface area contributed by atoms with Crippen LogP contribution in [0.25, 0.3) is 0 Å². The van der Waals surface area contributed by atoms with Crippen molar-refractivity contribution in [2.45, 2.75) is 12.5 Å². The van der Waals surface area contributed by atoms with E-state index in [0.717, 1.165) is 0 Å². The number of nitrogens with zero attached hydrogens (tertiary/aromatic N) is 2. The number of hydrogen-bond acceptors (Lipinski definition) is 4. The van der Waals surface area contributed by atoms with E-state index in [2.05, 4.69) is 9.97 Å². The first kappa shape index (κ1) is 9.30. The standard InChI is InChI=1S/C10H10N2OS/c1-10(13,9-12-6-7-14-9)8-4-2-3-5-11-8/h2-7,13H,1H3. The third-order valence-corrected chi connectivity index (χ3v) is 3.00. The summed E-state index contributed by atoms with van der Waals surface area (Å²) in [6.07, 6.45) is 3.34. The minimum atomic E-state index is -1.09. The average Bonchev–Trinajstić information content (AvgIpc) is 2.72. The first-order valence-corrected chi connectivity index (χ1v) is 5.13. The average molecular weight is 206 g/mol. The molecule has 0 aliphatic heterocycles. The molecule has 2 aromatic heterocycles. The molecule has 2 rings (SSSR count). The number of rotatable bonds is 2. The van der Waals surface area contributed by atoms with Gasteiger partial charge in [0, 0.05) is 17.8 Å². The van der Waals surface area contributed by atoms with Crippen molar-refractivity contribution in [3.8, 4) is 0 Å². The zero-order valence-electron chi connectivity index (χ0n) is 7.71. The van der Waals surface area contributed by atoms with Gasteiger partial charge in [0.1, 0.15) is 5.01 Å². The summed E-state index contributed by atoms with van der Waals surface area (Å²) in [5, 5.41) is 12.7. The van der Waals surface area contributed by atoms with Crippen LogP contribution in [0.1, 0.15) is 17.6 Å². The molecule has 2 aromatic rings. The molecule has 0 amide bonds. The van der Waals surface area contributed by atoms with Crippen LogP contribution < -0.4 is 0 Å². The molecule has 4 heteroatoms. The van der Waals surface area contributed by atoms with Crippen LogP contribution in [0.5, 0.6) is 0 Å². The minimum Gasteiger partial charge on any atom is -0.377 e. The Bertz CT molecular complexity index is 397. The summed E-state index contributed by atoms with van der Waals surface area (Å²) in [5.74, 6) is 0. The predicted octanol–water partition coefficient (Wildman–Crippen LogP) is 1.79. The van der Waals surface area contributed by atoms with Gasteiger partial charge >= 0.3 is 0 Å². The topological polar surface area (TPSA) is 46.0 Å². The van der Waals surface area contributed by atoms with Crippen molar-refractivity contribution in [2.75, 3.05) is 0 Å². The number of pyridine rings is 1. The molecule has 0 aliphatic carbocycles. The molecule has 1 N–H and O–H groups in total. The fourth-order valence-corrected chi connectivity index (χ4v) is 1.93. The first-order valence-electron chi connectivity index (χ1n) is 4.25. The normalized spacial score (nSPS) is 15.0. The molecule has 14 heavy (non-hydrogen) atoms. The molecule has 0 radical (unpaired) electrons. The Balaban J connectivity index is 2.43. The van der Waals surface area contributed by atoms with E-state index in [1.807, 2.05) is 17.5 Å². The highest BCUT2D eigenvalue weighted by atomic mass is 32.1. The number of thiazole rings is 1. The third-order valence-electron chi connectivity index (χ3n) is 2.01. The van der Waals surface area contributed by atoms with Crippen LogP contribution in [0.2, 0.25) is 0 Å². The van der Waals surface area contributed by atoms with Gasteiger partial charge in [-0.3, -0.25) is 4.98 Å². The summed E-state index contributed by atoms with van der Waals surface area (Å²) in [5.41, 5.74) is -0.468. The summed E-state index contributed by atoms with van der Waals surface area (Å²) >= 11 is 1.42. The Kier molecular flexibility index (Phi) is 2.31. The van der Waals surface area contributed by atoms with Crippen LogP contribution in [0.3, 0.4) is 0 Å². The maximum atomic E-state index is 10.2. The molecule has 72 valence electrons. The van der Waals surface area contributed by atoms with Crippen LogP contribution in [0.4, 0.5) is 0 Å². The first-order chi connectivity index (χ1) is 6.71. The zero-order chi connectivity index (χ0) is 10.0. The Labute approximate surface area is 86.1 Å². The molecular formula is C10H10N2OS. The summed E-state index contributed by atoms with van der Waals surface area (Å²) in [4.78, 5) is 8.22. The van der Waals surface area contributed by atoms with Crippen molar-refractivity contribution in [1.82, 2.24) is 9.97 Å². The molecule has 0 saturated heterocycles. The van der Waals surface area contributed by atoms with Crippen LogP contribution in [0.15, 0.2) is 36.0 Å². The molecule has 3 nitrogen and oxygen atoms in total. The zero-order valence-corrected chi connectivity index (χ0v) is 8.53. The monoisotopic (exact) mass is 206 g/mol. The molecule has 0 aromatic carbocycles. The van der Waals surface area contributed by atoms with Crippen molar-refractivity contribution in [1.29, 1.82) is 0 Å². The van der Waals surface area contributed by atoms with E-state index in [9.17, 15) is 5.11 Å². The van der Waals surface area contributed by atoms with Crippen LogP contribution >= 0.6 is 11.3 Å². The lowest BCUT2D eigenvalue weighted by Crippen LogP contribution is -2.23. The second-order valence-electron chi connectivity index (χ2n) is 3.12. The Morgan fingerprint density at radius 3 is 2.71 bits per heavy atom. The van der Waals surface area contributed by atoms with Crippen LogP contribution in [0, 0.1) is 0 Å². The molecule has 0 aliphatic rings. The van der Waals surface area contributed by atoms with E-state index >= 15 is 0 Å². The molecule has 1 unspecified atom stereocenters.